The van der Waals surface area contributed by atoms with E-state index in [1.54, 1.807) is 22.8 Å². The molecule has 10 nitrogen and oxygen atoms in total. The van der Waals surface area contributed by atoms with Crippen LogP contribution in [0.25, 0.3) is 28.5 Å². The second-order valence-electron chi connectivity index (χ2n) is 6.83. The Bertz CT molecular complexity index is 1430. The minimum absolute atomic E-state index is 0.0228. The van der Waals surface area contributed by atoms with E-state index < -0.39 is 5.82 Å². The molecule has 158 valence electrons. The third kappa shape index (κ3) is 3.55. The number of ketones is 1. The molecule has 5 aromatic heterocycles. The van der Waals surface area contributed by atoms with E-state index in [-0.39, 0.29) is 47.4 Å². The highest BCUT2D eigenvalue weighted by Gasteiger charge is 2.22. The molecule has 0 aromatic carbocycles. The molecule has 0 atom stereocenters. The highest BCUT2D eigenvalue weighted by atomic mass is 19.1. The number of nitrogens with two attached hydrogens (primary N) is 1. The Morgan fingerprint density at radius 1 is 1.09 bits per heavy atom. The van der Waals surface area contributed by atoms with Crippen molar-refractivity contribution >= 4 is 17.2 Å². The van der Waals surface area contributed by atoms with E-state index in [1.165, 1.54) is 37.1 Å². The zero-order valence-corrected chi connectivity index (χ0v) is 16.5. The molecule has 0 saturated heterocycles. The first-order valence-corrected chi connectivity index (χ1v) is 9.60. The van der Waals surface area contributed by atoms with Crippen LogP contribution in [0.5, 0.6) is 0 Å². The van der Waals surface area contributed by atoms with Crippen molar-refractivity contribution in [2.45, 2.75) is 12.8 Å². The molecule has 5 heterocycles. The van der Waals surface area contributed by atoms with Crippen molar-refractivity contribution in [2.24, 2.45) is 0 Å². The smallest absolute Gasteiger partial charge is 0.247 e. The average Bonchev–Trinajstić information content (AvgIpc) is 3.50. The topological polar surface area (TPSA) is 138 Å². The predicted molar refractivity (Wildman–Crippen MR) is 111 cm³/mol. The number of nitrogen functional groups attached to an aromatic ring is 1. The van der Waals surface area contributed by atoms with Crippen LogP contribution in [0, 0.1) is 5.82 Å². The third-order valence-corrected chi connectivity index (χ3v) is 4.79. The Morgan fingerprint density at radius 3 is 2.81 bits per heavy atom. The number of nitrogens with zero attached hydrogens (tertiary/aromatic N) is 7. The van der Waals surface area contributed by atoms with Gasteiger partial charge in [0.2, 0.25) is 5.89 Å². The van der Waals surface area contributed by atoms with Gasteiger partial charge in [-0.3, -0.25) is 9.78 Å². The normalized spacial score (nSPS) is 11.2. The molecule has 0 aliphatic rings. The quantitative estimate of drug-likeness (QED) is 0.403. The predicted octanol–water partition coefficient (Wildman–Crippen LogP) is 2.77. The van der Waals surface area contributed by atoms with Gasteiger partial charge < -0.3 is 10.2 Å². The number of hydrogen-bond donors (Lipinski definition) is 1. The van der Waals surface area contributed by atoms with Gasteiger partial charge in [-0.05, 0) is 30.7 Å². The molecule has 0 aliphatic carbocycles. The lowest BCUT2D eigenvalue weighted by Gasteiger charge is -2.11. The van der Waals surface area contributed by atoms with Crippen molar-refractivity contribution in [3.8, 4) is 22.8 Å². The summed E-state index contributed by atoms with van der Waals surface area (Å²) in [5.74, 6) is -0.731. The Kier molecular flexibility index (Phi) is 4.82. The molecule has 0 unspecified atom stereocenters. The first-order valence-electron chi connectivity index (χ1n) is 9.60. The summed E-state index contributed by atoms with van der Waals surface area (Å²) in [7, 11) is 0. The van der Waals surface area contributed by atoms with Gasteiger partial charge in [0.15, 0.2) is 22.9 Å². The number of Topliss-reactive ketones (excluding diaryl/α,β-unsaturated/α-hetero) is 1. The molecule has 5 rings (SSSR count). The maximum Gasteiger partial charge on any atom is 0.247 e. The monoisotopic (exact) mass is 430 g/mol. The van der Waals surface area contributed by atoms with Crippen LogP contribution in [-0.4, -0.2) is 40.3 Å². The number of aryl methyl sites for hydroxylation is 1. The molecule has 0 radical (unpaired) electrons. The van der Waals surface area contributed by atoms with Crippen LogP contribution in [0.3, 0.4) is 0 Å². The fourth-order valence-electron chi connectivity index (χ4n) is 3.25. The molecule has 0 saturated carbocycles. The number of hydrogen-bond acceptors (Lipinski definition) is 9. The Labute approximate surface area is 180 Å². The summed E-state index contributed by atoms with van der Waals surface area (Å²) in [5.41, 5.74) is 8.10. The van der Waals surface area contributed by atoms with Gasteiger partial charge in [-0.2, -0.15) is 5.10 Å². The first kappa shape index (κ1) is 19.4. The number of pyridine rings is 2. The van der Waals surface area contributed by atoms with E-state index in [2.05, 4.69) is 30.0 Å². The molecular formula is C21H15FN8O2. The molecule has 0 bridgehead atoms. The van der Waals surface area contributed by atoms with Gasteiger partial charge in [-0.1, -0.05) is 0 Å². The molecule has 11 heteroatoms. The summed E-state index contributed by atoms with van der Waals surface area (Å²) in [6.45, 7) is 0. The van der Waals surface area contributed by atoms with Gasteiger partial charge in [0.25, 0.3) is 0 Å². The standard InChI is InChI=1S/C21H15FN8O2/c22-13-2-1-7-24-14(13)4-5-15(31)18-20(23)29-19(21-25-8-9-32-21)17(28-18)12-3-6-16-26-11-27-30(16)10-12/h1-3,6-11H,4-5H2,(H2,23,29). The minimum Gasteiger partial charge on any atom is -0.443 e. The number of carbonyl (C=O) groups excluding carboxylic acids is 1. The van der Waals surface area contributed by atoms with Crippen LogP contribution in [0.2, 0.25) is 0 Å². The van der Waals surface area contributed by atoms with Crippen molar-refractivity contribution in [3.63, 3.8) is 0 Å². The summed E-state index contributed by atoms with van der Waals surface area (Å²) in [6, 6.07) is 6.31. The van der Waals surface area contributed by atoms with Crippen LogP contribution >= 0.6 is 0 Å². The van der Waals surface area contributed by atoms with Crippen LogP contribution in [0.1, 0.15) is 22.6 Å². The SMILES string of the molecule is Nc1nc(-c2ncco2)c(-c2ccc3ncnn3c2)nc1C(=O)CCc1ncccc1F. The fraction of sp³-hybridized carbons (Fsp3) is 0.0952. The van der Waals surface area contributed by atoms with E-state index in [4.69, 9.17) is 10.2 Å². The van der Waals surface area contributed by atoms with Crippen molar-refractivity contribution in [1.29, 1.82) is 0 Å². The summed E-state index contributed by atoms with van der Waals surface area (Å²) in [6.07, 6.45) is 7.54. The molecular weight excluding hydrogens is 415 g/mol. The molecule has 0 spiro atoms. The molecule has 0 amide bonds. The number of oxazole rings is 1. The highest BCUT2D eigenvalue weighted by molar-refractivity contribution is 5.99. The number of aromatic nitrogens is 7. The lowest BCUT2D eigenvalue weighted by molar-refractivity contribution is 0.0978. The van der Waals surface area contributed by atoms with Crippen LogP contribution in [-0.2, 0) is 6.42 Å². The summed E-state index contributed by atoms with van der Waals surface area (Å²) < 4.78 is 20.8. The maximum atomic E-state index is 13.9. The Morgan fingerprint density at radius 2 is 2.00 bits per heavy atom. The molecule has 2 N–H and O–H groups in total. The van der Waals surface area contributed by atoms with E-state index in [0.717, 1.165) is 0 Å². The summed E-state index contributed by atoms with van der Waals surface area (Å²) >= 11 is 0. The molecule has 32 heavy (non-hydrogen) atoms. The van der Waals surface area contributed by atoms with Gasteiger partial charge in [0.1, 0.15) is 29.8 Å². The minimum atomic E-state index is -0.472. The van der Waals surface area contributed by atoms with E-state index in [0.29, 0.717) is 16.9 Å². The Balaban J connectivity index is 1.56. The second-order valence-corrected chi connectivity index (χ2v) is 6.83. The number of rotatable bonds is 6. The van der Waals surface area contributed by atoms with Crippen molar-refractivity contribution < 1.29 is 13.6 Å². The van der Waals surface area contributed by atoms with Crippen molar-refractivity contribution in [2.75, 3.05) is 5.73 Å². The lowest BCUT2D eigenvalue weighted by atomic mass is 10.1. The van der Waals surface area contributed by atoms with Gasteiger partial charge in [0.05, 0.1) is 11.9 Å². The Hall–Kier alpha value is -4.54. The number of fused-ring (bicyclic) bond motifs is 1. The highest BCUT2D eigenvalue weighted by Crippen LogP contribution is 2.30. The first-order chi connectivity index (χ1) is 15.6. The number of carbonyl (C=O) groups is 1. The summed E-state index contributed by atoms with van der Waals surface area (Å²) in [4.78, 5) is 34.0. The third-order valence-electron chi connectivity index (χ3n) is 4.79. The second kappa shape index (κ2) is 7.95. The van der Waals surface area contributed by atoms with E-state index >= 15 is 0 Å². The fourth-order valence-corrected chi connectivity index (χ4v) is 3.25. The largest absolute Gasteiger partial charge is 0.443 e. The van der Waals surface area contributed by atoms with Gasteiger partial charge in [0, 0.05) is 24.4 Å². The van der Waals surface area contributed by atoms with Gasteiger partial charge in [-0.15, -0.1) is 0 Å². The van der Waals surface area contributed by atoms with Crippen LogP contribution in [0.4, 0.5) is 10.2 Å². The zero-order chi connectivity index (χ0) is 22.1. The molecule has 0 aliphatic heterocycles. The lowest BCUT2D eigenvalue weighted by Crippen LogP contribution is -2.12. The van der Waals surface area contributed by atoms with E-state index in [1.807, 2.05) is 0 Å². The van der Waals surface area contributed by atoms with Crippen molar-refractivity contribution in [1.82, 2.24) is 34.5 Å². The number of halogens is 1. The van der Waals surface area contributed by atoms with Crippen LogP contribution < -0.4 is 5.73 Å². The number of anilines is 1. The maximum absolute atomic E-state index is 13.9. The summed E-state index contributed by atoms with van der Waals surface area (Å²) in [5, 5.41) is 4.13. The zero-order valence-electron chi connectivity index (χ0n) is 16.5. The van der Waals surface area contributed by atoms with Gasteiger partial charge >= 0.3 is 0 Å². The van der Waals surface area contributed by atoms with Crippen molar-refractivity contribution in [3.05, 3.63) is 72.7 Å². The average molecular weight is 430 g/mol. The molecule has 0 fully saturated rings. The van der Waals surface area contributed by atoms with Gasteiger partial charge in [-0.25, -0.2) is 28.8 Å². The van der Waals surface area contributed by atoms with E-state index in [9.17, 15) is 9.18 Å². The molecule has 5 aromatic rings. The van der Waals surface area contributed by atoms with Crippen LogP contribution in [0.15, 0.2) is 59.9 Å².